The number of carbonyl (C=O) groups excluding carboxylic acids is 1. The number of rotatable bonds is 4. The van der Waals surface area contributed by atoms with Crippen molar-refractivity contribution < 1.29 is 13.2 Å². The SMILES string of the molecule is CS(=O)(=O)N1CCC(NC(=O)CN2CCNCC2)CC1. The third kappa shape index (κ3) is 4.69. The van der Waals surface area contributed by atoms with Crippen LogP contribution in [-0.4, -0.2) is 81.6 Å². The molecular formula is C12H24N4O3S. The number of amides is 1. The maximum atomic E-state index is 12.0. The van der Waals surface area contributed by atoms with E-state index in [4.69, 9.17) is 0 Å². The van der Waals surface area contributed by atoms with Crippen molar-refractivity contribution in [1.29, 1.82) is 0 Å². The highest BCUT2D eigenvalue weighted by atomic mass is 32.2. The van der Waals surface area contributed by atoms with E-state index < -0.39 is 10.0 Å². The molecule has 2 aliphatic rings. The van der Waals surface area contributed by atoms with Crippen LogP contribution >= 0.6 is 0 Å². The molecule has 0 aliphatic carbocycles. The molecular weight excluding hydrogens is 280 g/mol. The number of nitrogens with zero attached hydrogens (tertiary/aromatic N) is 2. The van der Waals surface area contributed by atoms with Crippen molar-refractivity contribution in [3.63, 3.8) is 0 Å². The molecule has 8 heteroatoms. The summed E-state index contributed by atoms with van der Waals surface area (Å²) in [4.78, 5) is 14.1. The minimum Gasteiger partial charge on any atom is -0.352 e. The van der Waals surface area contributed by atoms with E-state index in [1.54, 1.807) is 0 Å². The van der Waals surface area contributed by atoms with Crippen molar-refractivity contribution in [3.8, 4) is 0 Å². The van der Waals surface area contributed by atoms with E-state index in [-0.39, 0.29) is 11.9 Å². The van der Waals surface area contributed by atoms with Crippen LogP contribution in [0.1, 0.15) is 12.8 Å². The molecule has 2 N–H and O–H groups in total. The van der Waals surface area contributed by atoms with E-state index in [0.717, 1.165) is 26.2 Å². The van der Waals surface area contributed by atoms with Gasteiger partial charge in [-0.25, -0.2) is 12.7 Å². The molecule has 2 rings (SSSR count). The third-order valence-corrected chi connectivity index (χ3v) is 5.17. The average molecular weight is 304 g/mol. The zero-order valence-electron chi connectivity index (χ0n) is 12.0. The largest absolute Gasteiger partial charge is 0.352 e. The van der Waals surface area contributed by atoms with E-state index in [2.05, 4.69) is 15.5 Å². The van der Waals surface area contributed by atoms with Crippen molar-refractivity contribution in [1.82, 2.24) is 19.8 Å². The minimum absolute atomic E-state index is 0.0460. The molecule has 0 radical (unpaired) electrons. The Labute approximate surface area is 120 Å². The van der Waals surface area contributed by atoms with Crippen LogP contribution in [0.3, 0.4) is 0 Å². The Balaban J connectivity index is 1.70. The van der Waals surface area contributed by atoms with Crippen LogP contribution in [0.4, 0.5) is 0 Å². The van der Waals surface area contributed by atoms with Gasteiger partial charge in [0, 0.05) is 45.3 Å². The Bertz CT molecular complexity index is 426. The summed E-state index contributed by atoms with van der Waals surface area (Å²) in [6.07, 6.45) is 2.62. The average Bonchev–Trinajstić information content (AvgIpc) is 2.39. The maximum absolute atomic E-state index is 12.0. The van der Waals surface area contributed by atoms with Gasteiger partial charge >= 0.3 is 0 Å². The second kappa shape index (κ2) is 6.84. The van der Waals surface area contributed by atoms with Gasteiger partial charge in [0.15, 0.2) is 0 Å². The Hall–Kier alpha value is -0.700. The van der Waals surface area contributed by atoms with Gasteiger partial charge in [-0.1, -0.05) is 0 Å². The van der Waals surface area contributed by atoms with E-state index >= 15 is 0 Å². The molecule has 2 heterocycles. The highest BCUT2D eigenvalue weighted by Crippen LogP contribution is 2.13. The van der Waals surface area contributed by atoms with Crippen LogP contribution < -0.4 is 10.6 Å². The smallest absolute Gasteiger partial charge is 0.234 e. The van der Waals surface area contributed by atoms with Gasteiger partial charge in [0.25, 0.3) is 0 Å². The van der Waals surface area contributed by atoms with Crippen LogP contribution in [0.2, 0.25) is 0 Å². The number of piperidine rings is 1. The summed E-state index contributed by atoms with van der Waals surface area (Å²) in [6.45, 7) is 5.10. The van der Waals surface area contributed by atoms with E-state index in [1.807, 2.05) is 0 Å². The lowest BCUT2D eigenvalue weighted by Crippen LogP contribution is -2.51. The number of nitrogens with one attached hydrogen (secondary N) is 2. The lowest BCUT2D eigenvalue weighted by Gasteiger charge is -2.32. The summed E-state index contributed by atoms with van der Waals surface area (Å²) in [5.74, 6) is 0.0460. The van der Waals surface area contributed by atoms with E-state index in [9.17, 15) is 13.2 Å². The standard InChI is InChI=1S/C12H24N4O3S/c1-20(18,19)16-6-2-11(3-7-16)14-12(17)10-15-8-4-13-5-9-15/h11,13H,2-10H2,1H3,(H,14,17). The third-order valence-electron chi connectivity index (χ3n) is 3.86. The fraction of sp³-hybridized carbons (Fsp3) is 0.917. The molecule has 20 heavy (non-hydrogen) atoms. The summed E-state index contributed by atoms with van der Waals surface area (Å²) in [6, 6.07) is 0.100. The lowest BCUT2D eigenvalue weighted by molar-refractivity contribution is -0.123. The molecule has 2 aliphatic heterocycles. The maximum Gasteiger partial charge on any atom is 0.234 e. The second-order valence-electron chi connectivity index (χ2n) is 5.53. The monoisotopic (exact) mass is 304 g/mol. The molecule has 0 aromatic heterocycles. The topological polar surface area (TPSA) is 81.8 Å². The highest BCUT2D eigenvalue weighted by Gasteiger charge is 2.26. The molecule has 1 amide bonds. The number of hydrogen-bond donors (Lipinski definition) is 2. The highest BCUT2D eigenvalue weighted by molar-refractivity contribution is 7.88. The van der Waals surface area contributed by atoms with Crippen LogP contribution in [0.15, 0.2) is 0 Å². The molecule has 2 saturated heterocycles. The molecule has 0 aromatic carbocycles. The zero-order valence-corrected chi connectivity index (χ0v) is 12.8. The predicted octanol–water partition coefficient (Wildman–Crippen LogP) is -1.57. The zero-order chi connectivity index (χ0) is 14.6. The van der Waals surface area contributed by atoms with Crippen molar-refractivity contribution >= 4 is 15.9 Å². The molecule has 116 valence electrons. The quantitative estimate of drug-likeness (QED) is 0.656. The van der Waals surface area contributed by atoms with Gasteiger partial charge in [-0.05, 0) is 12.8 Å². The lowest BCUT2D eigenvalue weighted by atomic mass is 10.1. The Morgan fingerprint density at radius 2 is 1.80 bits per heavy atom. The summed E-state index contributed by atoms with van der Waals surface area (Å²) in [5.41, 5.74) is 0. The number of sulfonamides is 1. The van der Waals surface area contributed by atoms with Gasteiger partial charge in [-0.15, -0.1) is 0 Å². The first-order valence-electron chi connectivity index (χ1n) is 7.13. The number of piperazine rings is 1. The minimum atomic E-state index is -3.10. The molecule has 0 unspecified atom stereocenters. The molecule has 0 aromatic rings. The van der Waals surface area contributed by atoms with Gasteiger partial charge in [-0.2, -0.15) is 0 Å². The van der Waals surface area contributed by atoms with Gasteiger partial charge in [0.1, 0.15) is 0 Å². The second-order valence-corrected chi connectivity index (χ2v) is 7.51. The van der Waals surface area contributed by atoms with E-state index in [1.165, 1.54) is 10.6 Å². The molecule has 2 fully saturated rings. The fourth-order valence-electron chi connectivity index (χ4n) is 2.68. The van der Waals surface area contributed by atoms with E-state index in [0.29, 0.717) is 32.5 Å². The van der Waals surface area contributed by atoms with Gasteiger partial charge in [0.2, 0.25) is 15.9 Å². The van der Waals surface area contributed by atoms with Gasteiger partial charge < -0.3 is 10.6 Å². The normalized spacial score (nSPS) is 23.6. The number of hydrogen-bond acceptors (Lipinski definition) is 5. The van der Waals surface area contributed by atoms with Crippen LogP contribution in [-0.2, 0) is 14.8 Å². The van der Waals surface area contributed by atoms with Crippen LogP contribution in [0.5, 0.6) is 0 Å². The molecule has 0 atom stereocenters. The molecule has 0 bridgehead atoms. The fourth-order valence-corrected chi connectivity index (χ4v) is 3.55. The van der Waals surface area contributed by atoms with Crippen molar-refractivity contribution in [2.75, 3.05) is 52.1 Å². The first-order valence-corrected chi connectivity index (χ1v) is 8.97. The Morgan fingerprint density at radius 1 is 1.20 bits per heavy atom. The molecule has 7 nitrogen and oxygen atoms in total. The molecule has 0 saturated carbocycles. The first-order chi connectivity index (χ1) is 9.45. The van der Waals surface area contributed by atoms with Crippen molar-refractivity contribution in [3.05, 3.63) is 0 Å². The number of carbonyl (C=O) groups is 1. The van der Waals surface area contributed by atoms with Gasteiger partial charge in [0.05, 0.1) is 12.8 Å². The van der Waals surface area contributed by atoms with Crippen molar-refractivity contribution in [2.45, 2.75) is 18.9 Å². The predicted molar refractivity (Wildman–Crippen MR) is 76.9 cm³/mol. The van der Waals surface area contributed by atoms with Crippen LogP contribution in [0.25, 0.3) is 0 Å². The molecule has 0 spiro atoms. The van der Waals surface area contributed by atoms with Crippen LogP contribution in [0, 0.1) is 0 Å². The Morgan fingerprint density at radius 3 is 2.35 bits per heavy atom. The van der Waals surface area contributed by atoms with Crippen molar-refractivity contribution in [2.24, 2.45) is 0 Å². The summed E-state index contributed by atoms with van der Waals surface area (Å²) in [5, 5.41) is 6.27. The first kappa shape index (κ1) is 15.7. The summed E-state index contributed by atoms with van der Waals surface area (Å²) in [7, 11) is -3.10. The Kier molecular flexibility index (Phi) is 5.36. The van der Waals surface area contributed by atoms with Gasteiger partial charge in [-0.3, -0.25) is 9.69 Å². The summed E-state index contributed by atoms with van der Waals surface area (Å²) >= 11 is 0. The summed E-state index contributed by atoms with van der Waals surface area (Å²) < 4.78 is 24.3.